The van der Waals surface area contributed by atoms with Crippen LogP contribution in [0.3, 0.4) is 0 Å². The minimum atomic E-state index is -1.10. The molecule has 0 amide bonds. The first-order valence-corrected chi connectivity index (χ1v) is 12.3. The molecule has 4 rings (SSSR count). The first-order valence-electron chi connectivity index (χ1n) is 12.3. The summed E-state index contributed by atoms with van der Waals surface area (Å²) in [5.74, 6) is -1.39. The number of rotatable bonds is 7. The molecule has 0 bridgehead atoms. The van der Waals surface area contributed by atoms with Crippen molar-refractivity contribution in [1.29, 1.82) is 0 Å². The van der Waals surface area contributed by atoms with Gasteiger partial charge in [-0.05, 0) is 91.8 Å². The van der Waals surface area contributed by atoms with E-state index in [4.69, 9.17) is 0 Å². The summed E-state index contributed by atoms with van der Waals surface area (Å²) < 4.78 is 44.7. The molecular formula is C30H33F3. The molecular weight excluding hydrogens is 417 g/mol. The quantitative estimate of drug-likeness (QED) is 0.314. The smallest absolute Gasteiger partial charge is 0.170 e. The third-order valence-corrected chi connectivity index (χ3v) is 7.24. The Labute approximate surface area is 195 Å². The van der Waals surface area contributed by atoms with Gasteiger partial charge in [0.1, 0.15) is 5.82 Å². The largest absolute Gasteiger partial charge is 0.206 e. The fourth-order valence-corrected chi connectivity index (χ4v) is 5.31. The van der Waals surface area contributed by atoms with E-state index in [1.807, 2.05) is 31.2 Å². The summed E-state index contributed by atoms with van der Waals surface area (Å²) in [6, 6.07) is 12.8. The molecule has 33 heavy (non-hydrogen) atoms. The van der Waals surface area contributed by atoms with Gasteiger partial charge in [0.15, 0.2) is 11.6 Å². The molecule has 0 nitrogen and oxygen atoms in total. The molecule has 0 saturated heterocycles. The van der Waals surface area contributed by atoms with Gasteiger partial charge in [0.05, 0.1) is 5.39 Å². The highest BCUT2D eigenvalue weighted by Gasteiger charge is 2.23. The van der Waals surface area contributed by atoms with Crippen molar-refractivity contribution in [2.75, 3.05) is 0 Å². The Hall–Kier alpha value is -2.55. The van der Waals surface area contributed by atoms with Gasteiger partial charge in [-0.15, -0.1) is 0 Å². The second kappa shape index (κ2) is 10.6. The van der Waals surface area contributed by atoms with Crippen molar-refractivity contribution in [1.82, 2.24) is 0 Å². The Morgan fingerprint density at radius 3 is 2.27 bits per heavy atom. The van der Waals surface area contributed by atoms with Gasteiger partial charge < -0.3 is 0 Å². The maximum atomic E-state index is 15.0. The first-order chi connectivity index (χ1) is 16.0. The summed E-state index contributed by atoms with van der Waals surface area (Å²) in [4.78, 5) is 0. The van der Waals surface area contributed by atoms with Gasteiger partial charge in [0.25, 0.3) is 0 Å². The van der Waals surface area contributed by atoms with Gasteiger partial charge in [-0.3, -0.25) is 0 Å². The zero-order valence-corrected chi connectivity index (χ0v) is 19.6. The van der Waals surface area contributed by atoms with Gasteiger partial charge >= 0.3 is 0 Å². The lowest BCUT2D eigenvalue weighted by Crippen LogP contribution is -2.13. The van der Waals surface area contributed by atoms with Crippen molar-refractivity contribution in [2.45, 2.75) is 71.1 Å². The van der Waals surface area contributed by atoms with Crippen LogP contribution in [0, 0.1) is 23.4 Å². The molecule has 1 aliphatic carbocycles. The molecule has 0 heterocycles. The molecule has 0 radical (unpaired) electrons. The molecule has 1 saturated carbocycles. The van der Waals surface area contributed by atoms with E-state index in [9.17, 15) is 13.2 Å². The number of fused-ring (bicyclic) bond motifs is 1. The van der Waals surface area contributed by atoms with Crippen LogP contribution in [-0.2, 0) is 6.42 Å². The SMILES string of the molecule is C/C=C/CCC1CCC(c2ccc(-c3cc4ccc(CCC)c(F)c4c(F)c3F)cc2)CC1. The molecule has 0 spiro atoms. The highest BCUT2D eigenvalue weighted by atomic mass is 19.2. The molecule has 0 unspecified atom stereocenters. The second-order valence-electron chi connectivity index (χ2n) is 9.42. The van der Waals surface area contributed by atoms with E-state index in [-0.39, 0.29) is 10.9 Å². The predicted molar refractivity (Wildman–Crippen MR) is 132 cm³/mol. The average Bonchev–Trinajstić information content (AvgIpc) is 2.84. The van der Waals surface area contributed by atoms with Crippen LogP contribution in [-0.4, -0.2) is 0 Å². The van der Waals surface area contributed by atoms with E-state index in [0.717, 1.165) is 18.8 Å². The Morgan fingerprint density at radius 2 is 1.61 bits per heavy atom. The van der Waals surface area contributed by atoms with Crippen LogP contribution in [0.15, 0.2) is 54.6 Å². The van der Waals surface area contributed by atoms with Crippen molar-refractivity contribution in [2.24, 2.45) is 5.92 Å². The summed E-state index contributed by atoms with van der Waals surface area (Å²) in [6.45, 7) is 4.00. The van der Waals surface area contributed by atoms with Crippen molar-refractivity contribution < 1.29 is 13.2 Å². The lowest BCUT2D eigenvalue weighted by atomic mass is 9.77. The van der Waals surface area contributed by atoms with Gasteiger partial charge in [-0.1, -0.05) is 61.9 Å². The van der Waals surface area contributed by atoms with Gasteiger partial charge in [-0.2, -0.15) is 0 Å². The lowest BCUT2D eigenvalue weighted by molar-refractivity contribution is 0.312. The summed E-state index contributed by atoms with van der Waals surface area (Å²) in [6.07, 6.45) is 12.9. The van der Waals surface area contributed by atoms with E-state index >= 15 is 0 Å². The summed E-state index contributed by atoms with van der Waals surface area (Å²) in [5, 5.41) is 0.145. The number of benzene rings is 3. The minimum Gasteiger partial charge on any atom is -0.206 e. The van der Waals surface area contributed by atoms with Crippen LogP contribution >= 0.6 is 0 Å². The van der Waals surface area contributed by atoms with Crippen LogP contribution in [0.4, 0.5) is 13.2 Å². The third-order valence-electron chi connectivity index (χ3n) is 7.24. The normalized spacial score (nSPS) is 18.9. The summed E-state index contributed by atoms with van der Waals surface area (Å²) in [7, 11) is 0. The molecule has 0 aromatic heterocycles. The number of aryl methyl sites for hydroxylation is 1. The van der Waals surface area contributed by atoms with Gasteiger partial charge in [0.2, 0.25) is 0 Å². The predicted octanol–water partition coefficient (Wildman–Crippen LogP) is 9.51. The standard InChI is InChI=1S/C30H33F3/c1-3-5-6-8-20-9-11-21(12-10-20)22-13-15-23(16-14-22)26-19-25-18-17-24(7-4-2)28(31)27(25)30(33)29(26)32/h3,5,13-21H,4,6-12H2,1-2H3/b5-3+. The van der Waals surface area contributed by atoms with Crippen LogP contribution in [0.5, 0.6) is 0 Å². The molecule has 0 atom stereocenters. The number of hydrogen-bond acceptors (Lipinski definition) is 0. The molecule has 174 valence electrons. The van der Waals surface area contributed by atoms with Crippen molar-refractivity contribution in [3.05, 3.63) is 83.2 Å². The van der Waals surface area contributed by atoms with E-state index in [0.29, 0.717) is 28.9 Å². The number of halogens is 3. The highest BCUT2D eigenvalue weighted by Crippen LogP contribution is 2.39. The summed E-state index contributed by atoms with van der Waals surface area (Å²) >= 11 is 0. The zero-order valence-electron chi connectivity index (χ0n) is 19.6. The monoisotopic (exact) mass is 450 g/mol. The number of hydrogen-bond donors (Lipinski definition) is 0. The van der Waals surface area contributed by atoms with Crippen LogP contribution in [0.1, 0.15) is 75.8 Å². The Bertz CT molecular complexity index is 1120. The molecule has 0 N–H and O–H groups in total. The second-order valence-corrected chi connectivity index (χ2v) is 9.42. The fraction of sp³-hybridized carbons (Fsp3) is 0.400. The highest BCUT2D eigenvalue weighted by molar-refractivity contribution is 5.89. The topological polar surface area (TPSA) is 0 Å². The Kier molecular flexibility index (Phi) is 7.57. The van der Waals surface area contributed by atoms with Gasteiger partial charge in [0, 0.05) is 5.56 Å². The Morgan fingerprint density at radius 1 is 0.879 bits per heavy atom. The van der Waals surface area contributed by atoms with E-state index in [2.05, 4.69) is 19.1 Å². The minimum absolute atomic E-state index is 0.182. The first kappa shape index (κ1) is 23.6. The number of allylic oxidation sites excluding steroid dienone is 2. The maximum absolute atomic E-state index is 15.0. The zero-order chi connectivity index (χ0) is 23.4. The van der Waals surface area contributed by atoms with Crippen LogP contribution < -0.4 is 0 Å². The molecule has 1 fully saturated rings. The fourth-order valence-electron chi connectivity index (χ4n) is 5.31. The van der Waals surface area contributed by atoms with Crippen molar-refractivity contribution in [3.63, 3.8) is 0 Å². The van der Waals surface area contributed by atoms with E-state index in [1.165, 1.54) is 37.7 Å². The van der Waals surface area contributed by atoms with Crippen LogP contribution in [0.2, 0.25) is 0 Å². The van der Waals surface area contributed by atoms with Crippen LogP contribution in [0.25, 0.3) is 21.9 Å². The maximum Gasteiger partial charge on any atom is 0.170 e. The van der Waals surface area contributed by atoms with E-state index < -0.39 is 17.5 Å². The molecule has 3 aromatic carbocycles. The summed E-state index contributed by atoms with van der Waals surface area (Å²) in [5.41, 5.74) is 2.50. The molecule has 3 aromatic rings. The molecule has 0 aliphatic heterocycles. The van der Waals surface area contributed by atoms with E-state index in [1.54, 1.807) is 18.2 Å². The molecule has 1 aliphatic rings. The average molecular weight is 451 g/mol. The lowest BCUT2D eigenvalue weighted by Gasteiger charge is -2.28. The molecule has 3 heteroatoms. The Balaban J connectivity index is 1.54. The van der Waals surface area contributed by atoms with Gasteiger partial charge in [-0.25, -0.2) is 13.2 Å². The van der Waals surface area contributed by atoms with Crippen molar-refractivity contribution in [3.8, 4) is 11.1 Å². The third kappa shape index (κ3) is 5.03. The van der Waals surface area contributed by atoms with Crippen molar-refractivity contribution >= 4 is 10.8 Å².